The molecule has 0 aliphatic heterocycles. The summed E-state index contributed by atoms with van der Waals surface area (Å²) in [7, 11) is 0. The number of hydrogen-bond donors (Lipinski definition) is 1. The van der Waals surface area contributed by atoms with Gasteiger partial charge in [0.1, 0.15) is 17.9 Å². The first-order valence-electron chi connectivity index (χ1n) is 8.90. The fourth-order valence-electron chi connectivity index (χ4n) is 3.35. The quantitative estimate of drug-likeness (QED) is 0.427. The molecule has 0 fully saturated rings. The Bertz CT molecular complexity index is 1250. The van der Waals surface area contributed by atoms with E-state index in [1.54, 1.807) is 13.0 Å². The zero-order valence-corrected chi connectivity index (χ0v) is 15.3. The molecule has 0 saturated heterocycles. The Balaban J connectivity index is 1.57. The standard InChI is InChI=1S/C23H18O5/c1-14-20(24)10-9-19-17(12-22(26)28-23(14)19)13-27-21(25)11-16-7-4-6-15-5-2-3-8-18(15)16/h2-10,12,24H,11,13H2,1H3. The predicted molar refractivity (Wildman–Crippen MR) is 106 cm³/mol. The minimum absolute atomic E-state index is 0.0424. The minimum atomic E-state index is -0.554. The molecule has 0 saturated carbocycles. The fourth-order valence-corrected chi connectivity index (χ4v) is 3.35. The topological polar surface area (TPSA) is 76.7 Å². The smallest absolute Gasteiger partial charge is 0.336 e. The lowest BCUT2D eigenvalue weighted by Crippen LogP contribution is -2.10. The van der Waals surface area contributed by atoms with E-state index in [2.05, 4.69) is 0 Å². The van der Waals surface area contributed by atoms with Gasteiger partial charge in [0.25, 0.3) is 0 Å². The van der Waals surface area contributed by atoms with Crippen LogP contribution in [0.5, 0.6) is 5.75 Å². The second-order valence-electron chi connectivity index (χ2n) is 6.65. The molecule has 4 rings (SSSR count). The highest BCUT2D eigenvalue weighted by Gasteiger charge is 2.13. The van der Waals surface area contributed by atoms with Crippen LogP contribution < -0.4 is 5.63 Å². The number of hydrogen-bond acceptors (Lipinski definition) is 5. The summed E-state index contributed by atoms with van der Waals surface area (Å²) in [5.41, 5.74) is 1.65. The molecule has 0 spiro atoms. The van der Waals surface area contributed by atoms with Gasteiger partial charge >= 0.3 is 11.6 Å². The van der Waals surface area contributed by atoms with Crippen LogP contribution in [0.3, 0.4) is 0 Å². The number of rotatable bonds is 4. The maximum Gasteiger partial charge on any atom is 0.336 e. The number of esters is 1. The van der Waals surface area contributed by atoms with E-state index >= 15 is 0 Å². The number of carbonyl (C=O) groups excluding carboxylic acids is 1. The number of carbonyl (C=O) groups is 1. The van der Waals surface area contributed by atoms with Gasteiger partial charge in [-0.3, -0.25) is 4.79 Å². The zero-order valence-electron chi connectivity index (χ0n) is 15.3. The van der Waals surface area contributed by atoms with Gasteiger partial charge in [-0.25, -0.2) is 4.79 Å². The van der Waals surface area contributed by atoms with Gasteiger partial charge in [-0.2, -0.15) is 0 Å². The lowest BCUT2D eigenvalue weighted by molar-refractivity contribution is -0.144. The number of phenolic OH excluding ortho intramolecular Hbond substituents is 1. The predicted octanol–water partition coefficient (Wildman–Crippen LogP) is 4.25. The van der Waals surface area contributed by atoms with Gasteiger partial charge in [-0.15, -0.1) is 0 Å². The first-order valence-corrected chi connectivity index (χ1v) is 8.90. The molecule has 0 radical (unpaired) electrons. The Kier molecular flexibility index (Phi) is 4.57. The van der Waals surface area contributed by atoms with Gasteiger partial charge in [0, 0.05) is 22.6 Å². The van der Waals surface area contributed by atoms with Crippen molar-refractivity contribution in [2.45, 2.75) is 20.0 Å². The van der Waals surface area contributed by atoms with Crippen LogP contribution in [0, 0.1) is 6.92 Å². The molecule has 1 heterocycles. The van der Waals surface area contributed by atoms with Crippen molar-refractivity contribution < 1.29 is 19.1 Å². The van der Waals surface area contributed by atoms with E-state index < -0.39 is 5.63 Å². The van der Waals surface area contributed by atoms with Crippen molar-refractivity contribution in [2.24, 2.45) is 0 Å². The Labute approximate surface area is 160 Å². The molecular weight excluding hydrogens is 356 g/mol. The Morgan fingerprint density at radius 2 is 1.79 bits per heavy atom. The third-order valence-corrected chi connectivity index (χ3v) is 4.82. The summed E-state index contributed by atoms with van der Waals surface area (Å²) in [6.07, 6.45) is 0.139. The van der Waals surface area contributed by atoms with Crippen LogP contribution in [0.15, 0.2) is 69.9 Å². The van der Waals surface area contributed by atoms with Crippen LogP contribution in [-0.4, -0.2) is 11.1 Å². The Hall–Kier alpha value is -3.60. The highest BCUT2D eigenvalue weighted by atomic mass is 16.5. The Morgan fingerprint density at radius 3 is 2.64 bits per heavy atom. The lowest BCUT2D eigenvalue weighted by Gasteiger charge is -2.10. The number of benzene rings is 3. The van der Waals surface area contributed by atoms with Gasteiger partial charge in [0.2, 0.25) is 0 Å². The SMILES string of the molecule is Cc1c(O)ccc2c(COC(=O)Cc3cccc4ccccc34)cc(=O)oc12. The molecule has 0 bridgehead atoms. The molecule has 5 nitrogen and oxygen atoms in total. The summed E-state index contributed by atoms with van der Waals surface area (Å²) in [6, 6.07) is 18.2. The van der Waals surface area contributed by atoms with Crippen molar-refractivity contribution in [3.63, 3.8) is 0 Å². The van der Waals surface area contributed by atoms with Crippen molar-refractivity contribution in [1.29, 1.82) is 0 Å². The van der Waals surface area contributed by atoms with Crippen LogP contribution in [0.25, 0.3) is 21.7 Å². The third kappa shape index (κ3) is 3.34. The second-order valence-corrected chi connectivity index (χ2v) is 6.65. The molecular formula is C23H18O5. The minimum Gasteiger partial charge on any atom is -0.508 e. The van der Waals surface area contributed by atoms with Gasteiger partial charge < -0.3 is 14.3 Å². The number of aromatic hydroxyl groups is 1. The monoisotopic (exact) mass is 374 g/mol. The van der Waals surface area contributed by atoms with Crippen LogP contribution in [0.2, 0.25) is 0 Å². The molecule has 4 aromatic rings. The first-order chi connectivity index (χ1) is 13.5. The molecule has 140 valence electrons. The van der Waals surface area contributed by atoms with Gasteiger partial charge in [-0.05, 0) is 35.4 Å². The van der Waals surface area contributed by atoms with Gasteiger partial charge in [0.05, 0.1) is 6.42 Å². The second kappa shape index (κ2) is 7.19. The van der Waals surface area contributed by atoms with E-state index in [9.17, 15) is 14.7 Å². The normalized spacial score (nSPS) is 11.0. The molecule has 3 aromatic carbocycles. The van der Waals surface area contributed by atoms with E-state index in [0.717, 1.165) is 16.3 Å². The lowest BCUT2D eigenvalue weighted by atomic mass is 10.0. The molecule has 0 atom stereocenters. The average Bonchev–Trinajstić information content (AvgIpc) is 2.69. The van der Waals surface area contributed by atoms with Crippen molar-refractivity contribution >= 4 is 27.7 Å². The molecule has 0 aliphatic rings. The maximum absolute atomic E-state index is 12.4. The number of phenols is 1. The van der Waals surface area contributed by atoms with Crippen LogP contribution in [0.4, 0.5) is 0 Å². The third-order valence-electron chi connectivity index (χ3n) is 4.82. The number of fused-ring (bicyclic) bond motifs is 2. The summed E-state index contributed by atoms with van der Waals surface area (Å²) in [5, 5.41) is 12.5. The van der Waals surface area contributed by atoms with E-state index in [1.807, 2.05) is 42.5 Å². The number of aryl methyl sites for hydroxylation is 1. The van der Waals surface area contributed by atoms with Gasteiger partial charge in [0.15, 0.2) is 0 Å². The zero-order chi connectivity index (χ0) is 19.7. The van der Waals surface area contributed by atoms with E-state index in [0.29, 0.717) is 22.1 Å². The summed E-state index contributed by atoms with van der Waals surface area (Å²) in [6.45, 7) is 1.62. The van der Waals surface area contributed by atoms with Crippen molar-refractivity contribution in [1.82, 2.24) is 0 Å². The van der Waals surface area contributed by atoms with Crippen LogP contribution >= 0.6 is 0 Å². The van der Waals surface area contributed by atoms with Crippen LogP contribution in [0.1, 0.15) is 16.7 Å². The van der Waals surface area contributed by atoms with Crippen molar-refractivity contribution in [2.75, 3.05) is 0 Å². The molecule has 1 N–H and O–H groups in total. The fraction of sp³-hybridized carbons (Fsp3) is 0.130. The maximum atomic E-state index is 12.4. The van der Waals surface area contributed by atoms with Crippen LogP contribution in [-0.2, 0) is 22.6 Å². The summed E-state index contributed by atoms with van der Waals surface area (Å²) >= 11 is 0. The van der Waals surface area contributed by atoms with Crippen molar-refractivity contribution in [3.05, 3.63) is 87.8 Å². The van der Waals surface area contributed by atoms with E-state index in [4.69, 9.17) is 9.15 Å². The Morgan fingerprint density at radius 1 is 1.00 bits per heavy atom. The first kappa shape index (κ1) is 17.8. The molecule has 5 heteroatoms. The summed E-state index contributed by atoms with van der Waals surface area (Å²) in [5.74, 6) is -0.339. The molecule has 0 amide bonds. The largest absolute Gasteiger partial charge is 0.508 e. The molecule has 0 aliphatic carbocycles. The molecule has 1 aromatic heterocycles. The highest BCUT2D eigenvalue weighted by molar-refractivity contribution is 5.89. The van der Waals surface area contributed by atoms with E-state index in [-0.39, 0.29) is 24.7 Å². The number of ether oxygens (including phenoxy) is 1. The summed E-state index contributed by atoms with van der Waals surface area (Å²) in [4.78, 5) is 24.3. The van der Waals surface area contributed by atoms with E-state index in [1.165, 1.54) is 12.1 Å². The molecule has 0 unspecified atom stereocenters. The highest BCUT2D eigenvalue weighted by Crippen LogP contribution is 2.27. The van der Waals surface area contributed by atoms with Crippen molar-refractivity contribution in [3.8, 4) is 5.75 Å². The molecule has 28 heavy (non-hydrogen) atoms. The van der Waals surface area contributed by atoms with Gasteiger partial charge in [-0.1, -0.05) is 42.5 Å². The average molecular weight is 374 g/mol. The summed E-state index contributed by atoms with van der Waals surface area (Å²) < 4.78 is 10.6.